The number of carbonyl (C=O) groups is 1. The lowest BCUT2D eigenvalue weighted by molar-refractivity contribution is -0.121. The van der Waals surface area contributed by atoms with E-state index in [9.17, 15) is 4.79 Å². The van der Waals surface area contributed by atoms with E-state index in [1.165, 1.54) is 0 Å². The van der Waals surface area contributed by atoms with Crippen LogP contribution in [0.1, 0.15) is 18.1 Å². The fourth-order valence-corrected chi connectivity index (χ4v) is 2.72. The van der Waals surface area contributed by atoms with Crippen LogP contribution in [0.25, 0.3) is 0 Å². The fourth-order valence-electron chi connectivity index (χ4n) is 2.42. The number of hydrogen-bond acceptors (Lipinski definition) is 2. The number of nitrogens with one attached hydrogen (secondary N) is 1. The molecule has 0 fully saturated rings. The van der Waals surface area contributed by atoms with E-state index in [1.54, 1.807) is 12.1 Å². The minimum Gasteiger partial charge on any atom is -0.345 e. The van der Waals surface area contributed by atoms with Gasteiger partial charge in [0.2, 0.25) is 5.91 Å². The summed E-state index contributed by atoms with van der Waals surface area (Å²) in [7, 11) is 0. The highest BCUT2D eigenvalue weighted by Crippen LogP contribution is 2.31. The van der Waals surface area contributed by atoms with Gasteiger partial charge in [0.15, 0.2) is 0 Å². The van der Waals surface area contributed by atoms with Crippen molar-refractivity contribution in [2.75, 3.05) is 6.54 Å². The first-order valence-electron chi connectivity index (χ1n) is 6.95. The van der Waals surface area contributed by atoms with Crippen LogP contribution in [0.2, 0.25) is 10.0 Å². The lowest BCUT2D eigenvalue weighted by Gasteiger charge is -2.32. The molecule has 0 aromatic heterocycles. The molecular weight excluding hydrogens is 319 g/mol. The van der Waals surface area contributed by atoms with E-state index in [-0.39, 0.29) is 12.5 Å². The third kappa shape index (κ3) is 4.01. The molecule has 2 aromatic rings. The third-order valence-electron chi connectivity index (χ3n) is 3.56. The Labute approximate surface area is 140 Å². The van der Waals surface area contributed by atoms with E-state index in [1.807, 2.05) is 43.3 Å². The molecule has 22 heavy (non-hydrogen) atoms. The Morgan fingerprint density at radius 1 is 1.14 bits per heavy atom. The molecule has 2 rings (SSSR count). The van der Waals surface area contributed by atoms with Gasteiger partial charge in [0.25, 0.3) is 0 Å². The summed E-state index contributed by atoms with van der Waals surface area (Å²) in [5, 5.41) is 3.93. The molecule has 116 valence electrons. The van der Waals surface area contributed by atoms with Gasteiger partial charge in [0.1, 0.15) is 0 Å². The first-order chi connectivity index (χ1) is 10.4. The summed E-state index contributed by atoms with van der Waals surface area (Å²) in [4.78, 5) is 11.8. The molecule has 1 atom stereocenters. The van der Waals surface area contributed by atoms with Crippen LogP contribution in [-0.2, 0) is 16.8 Å². The maximum atomic E-state index is 11.8. The standard InChI is InChI=1S/C17H18Cl2N2O/c1-17(21-16(22)11-20,10-12-5-3-2-4-6-12)13-7-8-14(18)15(19)9-13/h2-9H,10-11,20H2,1H3,(H,21,22). The Balaban J connectivity index is 2.40. The normalized spacial score (nSPS) is 13.5. The second-order valence-electron chi connectivity index (χ2n) is 5.38. The summed E-state index contributed by atoms with van der Waals surface area (Å²) in [6.45, 7) is 1.89. The van der Waals surface area contributed by atoms with E-state index in [0.29, 0.717) is 16.5 Å². The average Bonchev–Trinajstić information content (AvgIpc) is 2.50. The van der Waals surface area contributed by atoms with Crippen molar-refractivity contribution in [1.29, 1.82) is 0 Å². The lowest BCUT2D eigenvalue weighted by Crippen LogP contribution is -2.47. The molecule has 3 nitrogen and oxygen atoms in total. The molecule has 0 saturated heterocycles. The van der Waals surface area contributed by atoms with Crippen molar-refractivity contribution < 1.29 is 4.79 Å². The van der Waals surface area contributed by atoms with Gasteiger partial charge in [-0.1, -0.05) is 59.6 Å². The van der Waals surface area contributed by atoms with E-state index in [0.717, 1.165) is 11.1 Å². The zero-order valence-corrected chi connectivity index (χ0v) is 13.8. The van der Waals surface area contributed by atoms with Crippen LogP contribution in [0, 0.1) is 0 Å². The Morgan fingerprint density at radius 2 is 1.82 bits per heavy atom. The van der Waals surface area contributed by atoms with Crippen LogP contribution < -0.4 is 11.1 Å². The summed E-state index contributed by atoms with van der Waals surface area (Å²) in [6.07, 6.45) is 0.623. The molecule has 1 amide bonds. The van der Waals surface area contributed by atoms with Gasteiger partial charge in [-0.05, 0) is 36.6 Å². The van der Waals surface area contributed by atoms with Crippen molar-refractivity contribution in [2.24, 2.45) is 5.73 Å². The van der Waals surface area contributed by atoms with Crippen LogP contribution in [0.5, 0.6) is 0 Å². The SMILES string of the molecule is CC(Cc1ccccc1)(NC(=O)CN)c1ccc(Cl)c(Cl)c1. The maximum Gasteiger partial charge on any atom is 0.234 e. The molecule has 0 heterocycles. The minimum absolute atomic E-state index is 0.0638. The lowest BCUT2D eigenvalue weighted by atomic mass is 9.85. The van der Waals surface area contributed by atoms with Crippen molar-refractivity contribution in [3.05, 3.63) is 69.7 Å². The number of benzene rings is 2. The van der Waals surface area contributed by atoms with Crippen LogP contribution in [0.3, 0.4) is 0 Å². The molecule has 0 saturated carbocycles. The summed E-state index contributed by atoms with van der Waals surface area (Å²) in [5.41, 5.74) is 6.81. The summed E-state index contributed by atoms with van der Waals surface area (Å²) >= 11 is 12.1. The molecule has 0 aliphatic rings. The smallest absolute Gasteiger partial charge is 0.234 e. The highest BCUT2D eigenvalue weighted by molar-refractivity contribution is 6.42. The Hall–Kier alpha value is -1.55. The van der Waals surface area contributed by atoms with Gasteiger partial charge in [-0.25, -0.2) is 0 Å². The van der Waals surface area contributed by atoms with Crippen LogP contribution in [-0.4, -0.2) is 12.5 Å². The molecular formula is C17H18Cl2N2O. The number of carbonyl (C=O) groups excluding carboxylic acids is 1. The van der Waals surface area contributed by atoms with Crippen molar-refractivity contribution in [3.63, 3.8) is 0 Å². The fraction of sp³-hybridized carbons (Fsp3) is 0.235. The second kappa shape index (κ2) is 7.14. The van der Waals surface area contributed by atoms with E-state index in [4.69, 9.17) is 28.9 Å². The minimum atomic E-state index is -0.619. The van der Waals surface area contributed by atoms with Gasteiger partial charge < -0.3 is 11.1 Å². The summed E-state index contributed by atoms with van der Waals surface area (Å²) in [5.74, 6) is -0.218. The van der Waals surface area contributed by atoms with Gasteiger partial charge in [0, 0.05) is 0 Å². The Morgan fingerprint density at radius 3 is 2.41 bits per heavy atom. The average molecular weight is 337 g/mol. The summed E-state index contributed by atoms with van der Waals surface area (Å²) in [6, 6.07) is 15.3. The molecule has 0 aliphatic carbocycles. The summed E-state index contributed by atoms with van der Waals surface area (Å²) < 4.78 is 0. The first kappa shape index (κ1) is 16.8. The van der Waals surface area contributed by atoms with E-state index in [2.05, 4.69) is 5.32 Å². The van der Waals surface area contributed by atoms with Crippen LogP contribution in [0.15, 0.2) is 48.5 Å². The molecule has 1 unspecified atom stereocenters. The maximum absolute atomic E-state index is 11.8. The zero-order chi connectivity index (χ0) is 16.2. The quantitative estimate of drug-likeness (QED) is 0.877. The molecule has 0 radical (unpaired) electrons. The van der Waals surface area contributed by atoms with Gasteiger partial charge in [-0.3, -0.25) is 4.79 Å². The number of nitrogens with two attached hydrogens (primary N) is 1. The van der Waals surface area contributed by atoms with Crippen molar-refractivity contribution >= 4 is 29.1 Å². The van der Waals surface area contributed by atoms with Crippen LogP contribution in [0.4, 0.5) is 0 Å². The predicted octanol–water partition coefficient (Wildman–Crippen LogP) is 3.53. The van der Waals surface area contributed by atoms with Crippen LogP contribution >= 0.6 is 23.2 Å². The molecule has 5 heteroatoms. The highest BCUT2D eigenvalue weighted by Gasteiger charge is 2.29. The second-order valence-corrected chi connectivity index (χ2v) is 6.19. The first-order valence-corrected chi connectivity index (χ1v) is 7.71. The Bertz CT molecular complexity index is 661. The van der Waals surface area contributed by atoms with E-state index >= 15 is 0 Å². The molecule has 0 bridgehead atoms. The topological polar surface area (TPSA) is 55.1 Å². The van der Waals surface area contributed by atoms with Gasteiger partial charge >= 0.3 is 0 Å². The van der Waals surface area contributed by atoms with Gasteiger partial charge in [-0.2, -0.15) is 0 Å². The van der Waals surface area contributed by atoms with E-state index < -0.39 is 5.54 Å². The Kier molecular flexibility index (Phi) is 5.46. The molecule has 2 aromatic carbocycles. The number of amides is 1. The highest BCUT2D eigenvalue weighted by atomic mass is 35.5. The number of halogens is 2. The van der Waals surface area contributed by atoms with Crippen molar-refractivity contribution in [2.45, 2.75) is 18.9 Å². The van der Waals surface area contributed by atoms with Crippen molar-refractivity contribution in [3.8, 4) is 0 Å². The monoisotopic (exact) mass is 336 g/mol. The van der Waals surface area contributed by atoms with Crippen molar-refractivity contribution in [1.82, 2.24) is 5.32 Å². The predicted molar refractivity (Wildman–Crippen MR) is 91.2 cm³/mol. The molecule has 3 N–H and O–H groups in total. The number of hydrogen-bond donors (Lipinski definition) is 2. The number of rotatable bonds is 5. The zero-order valence-electron chi connectivity index (χ0n) is 12.3. The largest absolute Gasteiger partial charge is 0.345 e. The van der Waals surface area contributed by atoms with Gasteiger partial charge in [-0.15, -0.1) is 0 Å². The molecule has 0 spiro atoms. The molecule has 0 aliphatic heterocycles. The van der Waals surface area contributed by atoms with Gasteiger partial charge in [0.05, 0.1) is 22.1 Å². The third-order valence-corrected chi connectivity index (χ3v) is 4.30.